The van der Waals surface area contributed by atoms with Crippen molar-refractivity contribution in [2.45, 2.75) is 19.1 Å². The van der Waals surface area contributed by atoms with Crippen molar-refractivity contribution in [1.29, 1.82) is 0 Å². The summed E-state index contributed by atoms with van der Waals surface area (Å²) in [6, 6.07) is 0. The van der Waals surface area contributed by atoms with Crippen LogP contribution >= 0.6 is 0 Å². The first-order valence-electron chi connectivity index (χ1n) is 3.68. The molecule has 1 heterocycles. The number of carbonyl (C=O) groups excluding carboxylic acids is 1. The van der Waals surface area contributed by atoms with E-state index in [1.165, 1.54) is 7.11 Å². The molecule has 2 atom stereocenters. The van der Waals surface area contributed by atoms with E-state index in [1.807, 2.05) is 0 Å². The summed E-state index contributed by atoms with van der Waals surface area (Å²) in [5.74, 6) is -0.224. The maximum Gasteiger partial charge on any atom is 0.373 e. The van der Waals surface area contributed by atoms with Gasteiger partial charge < -0.3 is 14.2 Å². The third-order valence-electron chi connectivity index (χ3n) is 1.76. The van der Waals surface area contributed by atoms with Crippen LogP contribution in [0.5, 0.6) is 0 Å². The van der Waals surface area contributed by atoms with Crippen molar-refractivity contribution in [1.82, 2.24) is 0 Å². The van der Waals surface area contributed by atoms with Crippen LogP contribution in [0.1, 0.15) is 6.92 Å². The van der Waals surface area contributed by atoms with Crippen LogP contribution in [0.15, 0.2) is 11.8 Å². The number of hydrogen-bond acceptors (Lipinski definition) is 4. The molecule has 4 nitrogen and oxygen atoms in total. The van der Waals surface area contributed by atoms with E-state index in [2.05, 4.69) is 0 Å². The van der Waals surface area contributed by atoms with Crippen molar-refractivity contribution >= 4 is 5.97 Å². The number of rotatable bonds is 2. The summed E-state index contributed by atoms with van der Waals surface area (Å²) in [6.07, 6.45) is 1.16. The highest BCUT2D eigenvalue weighted by molar-refractivity contribution is 5.87. The number of cyclic esters (lactones) is 1. The molecular formula is C8H12O4. The topological polar surface area (TPSA) is 44.8 Å². The Morgan fingerprint density at radius 2 is 2.17 bits per heavy atom. The van der Waals surface area contributed by atoms with Gasteiger partial charge in [-0.25, -0.2) is 4.79 Å². The standard InChI is InChI=1S/C8H12O4/c1-5-6(10-2)4-7(11-3)8(9)12-5/h4-6H,1-3H3. The lowest BCUT2D eigenvalue weighted by Crippen LogP contribution is -2.34. The number of hydrogen-bond donors (Lipinski definition) is 0. The molecule has 1 rings (SSSR count). The molecule has 0 saturated heterocycles. The molecule has 4 heteroatoms. The molecular weight excluding hydrogens is 160 g/mol. The van der Waals surface area contributed by atoms with Gasteiger partial charge in [-0.2, -0.15) is 0 Å². The molecule has 0 saturated carbocycles. The first-order valence-corrected chi connectivity index (χ1v) is 3.68. The lowest BCUT2D eigenvalue weighted by atomic mass is 10.1. The normalized spacial score (nSPS) is 29.2. The van der Waals surface area contributed by atoms with Gasteiger partial charge in [0.2, 0.25) is 5.76 Å². The van der Waals surface area contributed by atoms with E-state index in [0.29, 0.717) is 0 Å². The van der Waals surface area contributed by atoms with Crippen molar-refractivity contribution in [3.8, 4) is 0 Å². The molecule has 2 unspecified atom stereocenters. The quantitative estimate of drug-likeness (QED) is 0.568. The van der Waals surface area contributed by atoms with Gasteiger partial charge >= 0.3 is 5.97 Å². The minimum Gasteiger partial charge on any atom is -0.490 e. The molecule has 0 aromatic rings. The molecule has 1 aliphatic rings. The lowest BCUT2D eigenvalue weighted by molar-refractivity contribution is -0.155. The molecule has 1 aliphatic heterocycles. The van der Waals surface area contributed by atoms with Crippen molar-refractivity contribution in [2.75, 3.05) is 14.2 Å². The molecule has 12 heavy (non-hydrogen) atoms. The zero-order chi connectivity index (χ0) is 9.14. The molecule has 0 fully saturated rings. The van der Waals surface area contributed by atoms with Crippen molar-refractivity contribution in [3.05, 3.63) is 11.8 Å². The fraction of sp³-hybridized carbons (Fsp3) is 0.625. The highest BCUT2D eigenvalue weighted by Gasteiger charge is 2.28. The van der Waals surface area contributed by atoms with Gasteiger partial charge in [-0.3, -0.25) is 0 Å². The molecule has 0 aromatic carbocycles. The zero-order valence-electron chi connectivity index (χ0n) is 7.37. The zero-order valence-corrected chi connectivity index (χ0v) is 7.37. The monoisotopic (exact) mass is 172 g/mol. The van der Waals surface area contributed by atoms with Gasteiger partial charge in [0.15, 0.2) is 0 Å². The second-order valence-corrected chi connectivity index (χ2v) is 2.55. The summed E-state index contributed by atoms with van der Waals surface area (Å²) in [4.78, 5) is 11.0. The highest BCUT2D eigenvalue weighted by Crippen LogP contribution is 2.16. The smallest absolute Gasteiger partial charge is 0.373 e. The SMILES string of the molecule is COC1=CC(OC)C(C)OC1=O. The van der Waals surface area contributed by atoms with Gasteiger partial charge in [0.05, 0.1) is 7.11 Å². The Morgan fingerprint density at radius 3 is 2.67 bits per heavy atom. The number of carbonyl (C=O) groups is 1. The third kappa shape index (κ3) is 1.58. The van der Waals surface area contributed by atoms with E-state index in [0.717, 1.165) is 0 Å². The summed E-state index contributed by atoms with van der Waals surface area (Å²) in [5, 5.41) is 0. The maximum absolute atomic E-state index is 11.0. The number of esters is 1. The van der Waals surface area contributed by atoms with E-state index < -0.39 is 5.97 Å². The third-order valence-corrected chi connectivity index (χ3v) is 1.76. The Labute approximate surface area is 71.1 Å². The molecule has 68 valence electrons. The van der Waals surface area contributed by atoms with Crippen LogP contribution in [0.25, 0.3) is 0 Å². The lowest BCUT2D eigenvalue weighted by Gasteiger charge is -2.25. The molecule has 0 aromatic heterocycles. The predicted molar refractivity (Wildman–Crippen MR) is 41.4 cm³/mol. The van der Waals surface area contributed by atoms with Crippen LogP contribution in [-0.2, 0) is 19.0 Å². The first-order chi connectivity index (χ1) is 5.69. The van der Waals surface area contributed by atoms with E-state index >= 15 is 0 Å². The molecule has 0 bridgehead atoms. The Morgan fingerprint density at radius 1 is 1.50 bits per heavy atom. The minimum absolute atomic E-state index is 0.208. The summed E-state index contributed by atoms with van der Waals surface area (Å²) in [7, 11) is 2.99. The Kier molecular flexibility index (Phi) is 2.70. The number of ether oxygens (including phenoxy) is 3. The van der Waals surface area contributed by atoms with Crippen molar-refractivity contribution < 1.29 is 19.0 Å². The molecule has 0 amide bonds. The van der Waals surface area contributed by atoms with Gasteiger partial charge in [0.25, 0.3) is 0 Å². The molecule has 0 aliphatic carbocycles. The minimum atomic E-state index is -0.432. The van der Waals surface area contributed by atoms with Gasteiger partial charge in [0, 0.05) is 7.11 Å². The highest BCUT2D eigenvalue weighted by atomic mass is 16.6. The van der Waals surface area contributed by atoms with Gasteiger partial charge in [-0.05, 0) is 13.0 Å². The van der Waals surface area contributed by atoms with Crippen LogP contribution in [-0.4, -0.2) is 32.4 Å². The number of methoxy groups -OCH3 is 2. The summed E-state index contributed by atoms with van der Waals surface area (Å²) < 4.78 is 14.8. The fourth-order valence-electron chi connectivity index (χ4n) is 1.06. The summed E-state index contributed by atoms with van der Waals surface area (Å²) >= 11 is 0. The first kappa shape index (κ1) is 9.06. The maximum atomic E-state index is 11.0. The second-order valence-electron chi connectivity index (χ2n) is 2.55. The Bertz CT molecular complexity index is 209. The van der Waals surface area contributed by atoms with E-state index in [4.69, 9.17) is 14.2 Å². The van der Waals surface area contributed by atoms with Crippen molar-refractivity contribution in [2.24, 2.45) is 0 Å². The Hall–Kier alpha value is -1.03. The van der Waals surface area contributed by atoms with Crippen LogP contribution in [0, 0.1) is 0 Å². The Balaban J connectivity index is 2.79. The predicted octanol–water partition coefficient (Wildman–Crippen LogP) is 0.477. The largest absolute Gasteiger partial charge is 0.490 e. The van der Waals surface area contributed by atoms with Crippen LogP contribution in [0.3, 0.4) is 0 Å². The second kappa shape index (κ2) is 3.58. The fourth-order valence-corrected chi connectivity index (χ4v) is 1.06. The van der Waals surface area contributed by atoms with E-state index in [9.17, 15) is 4.79 Å². The van der Waals surface area contributed by atoms with Crippen molar-refractivity contribution in [3.63, 3.8) is 0 Å². The van der Waals surface area contributed by atoms with Gasteiger partial charge in [-0.1, -0.05) is 0 Å². The van der Waals surface area contributed by atoms with E-state index in [-0.39, 0.29) is 18.0 Å². The van der Waals surface area contributed by atoms with Crippen LogP contribution in [0.2, 0.25) is 0 Å². The van der Waals surface area contributed by atoms with Gasteiger partial charge in [0.1, 0.15) is 12.2 Å². The van der Waals surface area contributed by atoms with Crippen LogP contribution in [0.4, 0.5) is 0 Å². The van der Waals surface area contributed by atoms with E-state index in [1.54, 1.807) is 20.1 Å². The molecule has 0 N–H and O–H groups in total. The summed E-state index contributed by atoms with van der Waals surface area (Å²) in [6.45, 7) is 1.77. The van der Waals surface area contributed by atoms with Crippen LogP contribution < -0.4 is 0 Å². The summed E-state index contributed by atoms with van der Waals surface area (Å²) in [5.41, 5.74) is 0. The van der Waals surface area contributed by atoms with Gasteiger partial charge in [-0.15, -0.1) is 0 Å². The molecule has 0 spiro atoms. The average molecular weight is 172 g/mol. The average Bonchev–Trinajstić information content (AvgIpc) is 2.05. The molecule has 0 radical (unpaired) electrons.